The Bertz CT molecular complexity index is 667. The molecule has 0 aliphatic carbocycles. The van der Waals surface area contributed by atoms with Crippen LogP contribution in [0, 0.1) is 10.1 Å². The molecule has 2 N–H and O–H groups in total. The van der Waals surface area contributed by atoms with E-state index in [0.29, 0.717) is 10.6 Å². The molecule has 21 heavy (non-hydrogen) atoms. The highest BCUT2D eigenvalue weighted by molar-refractivity contribution is 6.33. The van der Waals surface area contributed by atoms with E-state index >= 15 is 0 Å². The van der Waals surface area contributed by atoms with Gasteiger partial charge >= 0.3 is 0 Å². The summed E-state index contributed by atoms with van der Waals surface area (Å²) in [5.74, 6) is 0.258. The summed E-state index contributed by atoms with van der Waals surface area (Å²) in [4.78, 5) is 13.9. The minimum absolute atomic E-state index is 0.107. The number of hydrogen-bond donors (Lipinski definition) is 2. The number of aromatic nitrogens is 1. The quantitative estimate of drug-likeness (QED) is 0.648. The van der Waals surface area contributed by atoms with Crippen molar-refractivity contribution in [3.05, 3.63) is 62.3 Å². The summed E-state index contributed by atoms with van der Waals surface area (Å²) in [5.41, 5.74) is 0.377. The highest BCUT2D eigenvalue weighted by Gasteiger charge is 2.14. The Kier molecular flexibility index (Phi) is 4.95. The van der Waals surface area contributed by atoms with Gasteiger partial charge in [0.15, 0.2) is 0 Å². The van der Waals surface area contributed by atoms with Crippen molar-refractivity contribution in [2.45, 2.75) is 6.10 Å². The fourth-order valence-electron chi connectivity index (χ4n) is 1.71. The molecule has 0 bridgehead atoms. The lowest BCUT2D eigenvalue weighted by molar-refractivity contribution is -0.385. The van der Waals surface area contributed by atoms with Crippen molar-refractivity contribution >= 4 is 34.7 Å². The van der Waals surface area contributed by atoms with Gasteiger partial charge in [-0.05, 0) is 6.07 Å². The second-order valence-electron chi connectivity index (χ2n) is 4.20. The van der Waals surface area contributed by atoms with E-state index in [1.807, 2.05) is 0 Å². The van der Waals surface area contributed by atoms with E-state index in [0.717, 1.165) is 6.20 Å². The van der Waals surface area contributed by atoms with E-state index in [9.17, 15) is 15.2 Å². The van der Waals surface area contributed by atoms with Crippen molar-refractivity contribution in [1.29, 1.82) is 0 Å². The predicted octanol–water partition coefficient (Wildman–Crippen LogP) is 3.44. The number of nitrogens with zero attached hydrogens (tertiary/aromatic N) is 2. The number of anilines is 1. The van der Waals surface area contributed by atoms with Crippen LogP contribution in [0.3, 0.4) is 0 Å². The predicted molar refractivity (Wildman–Crippen MR) is 80.8 cm³/mol. The monoisotopic (exact) mass is 327 g/mol. The van der Waals surface area contributed by atoms with Crippen LogP contribution in [-0.2, 0) is 0 Å². The number of pyridine rings is 1. The van der Waals surface area contributed by atoms with Gasteiger partial charge in [-0.1, -0.05) is 41.4 Å². The number of benzene rings is 1. The van der Waals surface area contributed by atoms with Gasteiger partial charge in [-0.3, -0.25) is 10.1 Å². The molecule has 1 aromatic carbocycles. The zero-order valence-electron chi connectivity index (χ0n) is 10.7. The number of rotatable bonds is 5. The molecule has 0 saturated carbocycles. The Balaban J connectivity index is 2.06. The first kappa shape index (κ1) is 15.5. The lowest BCUT2D eigenvalue weighted by Crippen LogP contribution is -2.13. The third-order valence-electron chi connectivity index (χ3n) is 2.76. The maximum Gasteiger partial charge on any atom is 0.289 e. The van der Waals surface area contributed by atoms with E-state index in [1.165, 1.54) is 6.07 Å². The van der Waals surface area contributed by atoms with E-state index in [-0.39, 0.29) is 23.1 Å². The normalized spacial score (nSPS) is 12.0. The highest BCUT2D eigenvalue weighted by Crippen LogP contribution is 2.26. The van der Waals surface area contributed by atoms with Crippen molar-refractivity contribution < 1.29 is 10.0 Å². The van der Waals surface area contributed by atoms with Gasteiger partial charge in [-0.2, -0.15) is 0 Å². The molecule has 1 aromatic heterocycles. The molecule has 0 radical (unpaired) electrons. The third kappa shape index (κ3) is 3.81. The van der Waals surface area contributed by atoms with E-state index < -0.39 is 11.0 Å². The molecule has 6 nitrogen and oxygen atoms in total. The summed E-state index contributed by atoms with van der Waals surface area (Å²) in [6.45, 7) is 0.119. The zero-order valence-corrected chi connectivity index (χ0v) is 12.2. The van der Waals surface area contributed by atoms with Gasteiger partial charge in [0.25, 0.3) is 5.69 Å². The maximum atomic E-state index is 10.6. The number of aliphatic hydroxyl groups excluding tert-OH is 1. The molecule has 2 rings (SSSR count). The van der Waals surface area contributed by atoms with Crippen LogP contribution in [0.4, 0.5) is 11.5 Å². The van der Waals surface area contributed by atoms with Gasteiger partial charge < -0.3 is 10.4 Å². The first-order valence-electron chi connectivity index (χ1n) is 5.95. The van der Waals surface area contributed by atoms with Crippen LogP contribution >= 0.6 is 23.2 Å². The minimum atomic E-state index is -0.855. The molecule has 1 atom stereocenters. The van der Waals surface area contributed by atoms with Crippen LogP contribution in [0.1, 0.15) is 11.7 Å². The van der Waals surface area contributed by atoms with Crippen LogP contribution in [-0.4, -0.2) is 21.6 Å². The molecular formula is C13H11Cl2N3O3. The van der Waals surface area contributed by atoms with Crippen molar-refractivity contribution in [3.8, 4) is 0 Å². The summed E-state index contributed by atoms with van der Waals surface area (Å²) in [7, 11) is 0. The summed E-state index contributed by atoms with van der Waals surface area (Å²) in [6, 6.07) is 8.11. The average molecular weight is 328 g/mol. The van der Waals surface area contributed by atoms with Crippen LogP contribution in [0.25, 0.3) is 0 Å². The Morgan fingerprint density at radius 1 is 1.33 bits per heavy atom. The second-order valence-corrected chi connectivity index (χ2v) is 5.01. The zero-order chi connectivity index (χ0) is 15.4. The van der Waals surface area contributed by atoms with Crippen molar-refractivity contribution in [3.63, 3.8) is 0 Å². The fraction of sp³-hybridized carbons (Fsp3) is 0.154. The molecule has 0 aliphatic rings. The standard InChI is InChI=1S/C13H11Cl2N3O3/c14-10-4-2-1-3-9(10)12(19)7-17-13-11(15)5-8(6-16-13)18(20)21/h1-6,12,19H,7H2,(H,16,17). The molecule has 110 valence electrons. The van der Waals surface area contributed by atoms with Gasteiger partial charge in [-0.25, -0.2) is 4.98 Å². The van der Waals surface area contributed by atoms with Gasteiger partial charge in [0, 0.05) is 23.2 Å². The maximum absolute atomic E-state index is 10.6. The number of nitrogens with one attached hydrogen (secondary N) is 1. The molecule has 2 aromatic rings. The first-order chi connectivity index (χ1) is 9.99. The third-order valence-corrected chi connectivity index (χ3v) is 3.40. The second kappa shape index (κ2) is 6.71. The Morgan fingerprint density at radius 3 is 2.67 bits per heavy atom. The largest absolute Gasteiger partial charge is 0.387 e. The van der Waals surface area contributed by atoms with Crippen molar-refractivity contribution in [1.82, 2.24) is 4.98 Å². The lowest BCUT2D eigenvalue weighted by Gasteiger charge is -2.14. The molecule has 0 spiro atoms. The van der Waals surface area contributed by atoms with Gasteiger partial charge in [-0.15, -0.1) is 0 Å². The van der Waals surface area contributed by atoms with Crippen LogP contribution in [0.5, 0.6) is 0 Å². The SMILES string of the molecule is O=[N+]([O-])c1cnc(NCC(O)c2ccccc2Cl)c(Cl)c1. The van der Waals surface area contributed by atoms with E-state index in [2.05, 4.69) is 10.3 Å². The number of nitro groups is 1. The van der Waals surface area contributed by atoms with E-state index in [4.69, 9.17) is 23.2 Å². The topological polar surface area (TPSA) is 88.3 Å². The van der Waals surface area contributed by atoms with Crippen molar-refractivity contribution in [2.24, 2.45) is 0 Å². The fourth-order valence-corrected chi connectivity index (χ4v) is 2.20. The smallest absolute Gasteiger partial charge is 0.289 e. The number of aliphatic hydroxyl groups is 1. The Labute approximate surface area is 130 Å². The average Bonchev–Trinajstić information content (AvgIpc) is 2.46. The molecule has 0 amide bonds. The summed E-state index contributed by atoms with van der Waals surface area (Å²) < 4.78 is 0. The molecular weight excluding hydrogens is 317 g/mol. The molecule has 0 fully saturated rings. The van der Waals surface area contributed by atoms with Crippen molar-refractivity contribution in [2.75, 3.05) is 11.9 Å². The van der Waals surface area contributed by atoms with Gasteiger partial charge in [0.2, 0.25) is 0 Å². The van der Waals surface area contributed by atoms with Gasteiger partial charge in [0.05, 0.1) is 16.0 Å². The lowest BCUT2D eigenvalue weighted by atomic mass is 10.1. The minimum Gasteiger partial charge on any atom is -0.387 e. The molecule has 1 heterocycles. The molecule has 8 heteroatoms. The van der Waals surface area contributed by atoms with Crippen LogP contribution in [0.2, 0.25) is 10.0 Å². The summed E-state index contributed by atoms with van der Waals surface area (Å²) in [5, 5.41) is 24.0. The molecule has 0 saturated heterocycles. The Morgan fingerprint density at radius 2 is 2.05 bits per heavy atom. The summed E-state index contributed by atoms with van der Waals surface area (Å²) >= 11 is 11.9. The van der Waals surface area contributed by atoms with Gasteiger partial charge in [0.1, 0.15) is 12.0 Å². The molecule has 1 unspecified atom stereocenters. The number of hydrogen-bond acceptors (Lipinski definition) is 5. The van der Waals surface area contributed by atoms with E-state index in [1.54, 1.807) is 24.3 Å². The number of halogens is 2. The Hall–Kier alpha value is -1.89. The van der Waals surface area contributed by atoms with Crippen LogP contribution < -0.4 is 5.32 Å². The molecule has 0 aliphatic heterocycles. The van der Waals surface area contributed by atoms with Crippen LogP contribution in [0.15, 0.2) is 36.5 Å². The first-order valence-corrected chi connectivity index (χ1v) is 6.71. The highest BCUT2D eigenvalue weighted by atomic mass is 35.5. The summed E-state index contributed by atoms with van der Waals surface area (Å²) in [6.07, 6.45) is 0.238.